The molecule has 94 valence electrons. The molecule has 3 rings (SSSR count). The van der Waals surface area contributed by atoms with Crippen LogP contribution in [0.15, 0.2) is 18.3 Å². The van der Waals surface area contributed by atoms with Crippen LogP contribution in [0.4, 0.5) is 5.69 Å². The molecule has 0 saturated carbocycles. The predicted octanol–water partition coefficient (Wildman–Crippen LogP) is 0.751. The van der Waals surface area contributed by atoms with Crippen LogP contribution in [0.25, 0.3) is 0 Å². The average molecular weight is 247 g/mol. The van der Waals surface area contributed by atoms with E-state index in [4.69, 9.17) is 4.74 Å². The zero-order valence-corrected chi connectivity index (χ0v) is 9.76. The molecule has 0 spiro atoms. The van der Waals surface area contributed by atoms with Crippen molar-refractivity contribution < 1.29 is 14.3 Å². The van der Waals surface area contributed by atoms with Gasteiger partial charge >= 0.3 is 0 Å². The van der Waals surface area contributed by atoms with Crippen molar-refractivity contribution in [3.63, 3.8) is 0 Å². The van der Waals surface area contributed by atoms with Crippen LogP contribution in [0.1, 0.15) is 19.3 Å². The second kappa shape index (κ2) is 4.29. The normalized spacial score (nSPS) is 23.1. The van der Waals surface area contributed by atoms with Crippen LogP contribution < -0.4 is 10.1 Å². The number of nitrogens with one attached hydrogen (secondary N) is 1. The number of rotatable bonds is 1. The first-order valence-electron chi connectivity index (χ1n) is 5.98. The number of aromatic nitrogens is 1. The number of amides is 2. The van der Waals surface area contributed by atoms with E-state index in [0.29, 0.717) is 24.5 Å². The van der Waals surface area contributed by atoms with Crippen LogP contribution in [0.5, 0.6) is 5.88 Å². The summed E-state index contributed by atoms with van der Waals surface area (Å²) in [4.78, 5) is 29.3. The Morgan fingerprint density at radius 2 is 2.28 bits per heavy atom. The largest absolute Gasteiger partial charge is 0.442 e. The smallest absolute Gasteiger partial charge is 0.287 e. The van der Waals surface area contributed by atoms with Crippen molar-refractivity contribution in [3.8, 4) is 5.88 Å². The van der Waals surface area contributed by atoms with Gasteiger partial charge in [-0.05, 0) is 25.0 Å². The summed E-state index contributed by atoms with van der Waals surface area (Å²) in [5.74, 6) is 0.00649. The SMILES string of the molecule is O=C1Nc2cccnc2OC1N1CCCCC1=O. The number of hydrogen-bond acceptors (Lipinski definition) is 4. The minimum absolute atomic E-state index is 0.0409. The summed E-state index contributed by atoms with van der Waals surface area (Å²) in [7, 11) is 0. The fraction of sp³-hybridized carbons (Fsp3) is 0.417. The molecule has 2 aliphatic heterocycles. The zero-order valence-electron chi connectivity index (χ0n) is 9.76. The van der Waals surface area contributed by atoms with Gasteiger partial charge in [-0.3, -0.25) is 14.5 Å². The summed E-state index contributed by atoms with van der Waals surface area (Å²) in [6, 6.07) is 3.43. The van der Waals surface area contributed by atoms with Gasteiger partial charge in [-0.1, -0.05) is 0 Å². The number of likely N-dealkylation sites (tertiary alicyclic amines) is 1. The third kappa shape index (κ3) is 1.79. The van der Waals surface area contributed by atoms with Crippen LogP contribution >= 0.6 is 0 Å². The predicted molar refractivity (Wildman–Crippen MR) is 62.8 cm³/mol. The van der Waals surface area contributed by atoms with Gasteiger partial charge in [0.2, 0.25) is 11.8 Å². The number of ether oxygens (including phenoxy) is 1. The number of piperidine rings is 1. The number of hydrogen-bond donors (Lipinski definition) is 1. The Morgan fingerprint density at radius 1 is 1.39 bits per heavy atom. The van der Waals surface area contributed by atoms with Crippen molar-refractivity contribution in [1.82, 2.24) is 9.88 Å². The van der Waals surface area contributed by atoms with Gasteiger partial charge in [0, 0.05) is 19.2 Å². The van der Waals surface area contributed by atoms with E-state index < -0.39 is 6.23 Å². The summed E-state index contributed by atoms with van der Waals surface area (Å²) in [6.45, 7) is 0.555. The second-order valence-electron chi connectivity index (χ2n) is 4.36. The van der Waals surface area contributed by atoms with Crippen molar-refractivity contribution in [1.29, 1.82) is 0 Å². The minimum atomic E-state index is -0.889. The lowest BCUT2D eigenvalue weighted by Crippen LogP contribution is -2.54. The monoisotopic (exact) mass is 247 g/mol. The number of carbonyl (C=O) groups is 2. The molecule has 0 bridgehead atoms. The fourth-order valence-corrected chi connectivity index (χ4v) is 2.21. The van der Waals surface area contributed by atoms with Gasteiger partial charge in [0.15, 0.2) is 0 Å². The maximum atomic E-state index is 11.9. The highest BCUT2D eigenvalue weighted by Crippen LogP contribution is 2.28. The fourth-order valence-electron chi connectivity index (χ4n) is 2.21. The Balaban J connectivity index is 1.86. The molecule has 1 N–H and O–H groups in total. The molecule has 3 heterocycles. The molecular weight excluding hydrogens is 234 g/mol. The Bertz CT molecular complexity index is 503. The first-order chi connectivity index (χ1) is 8.75. The maximum Gasteiger partial charge on any atom is 0.287 e. The lowest BCUT2D eigenvalue weighted by Gasteiger charge is -2.35. The van der Waals surface area contributed by atoms with Crippen LogP contribution in [0.3, 0.4) is 0 Å². The Morgan fingerprint density at radius 3 is 3.11 bits per heavy atom. The van der Waals surface area contributed by atoms with Crippen LogP contribution in [-0.2, 0) is 9.59 Å². The molecule has 0 radical (unpaired) electrons. The van der Waals surface area contributed by atoms with Gasteiger partial charge in [0.05, 0.1) is 0 Å². The highest BCUT2D eigenvalue weighted by atomic mass is 16.5. The Labute approximate surface area is 104 Å². The zero-order chi connectivity index (χ0) is 12.5. The summed E-state index contributed by atoms with van der Waals surface area (Å²) >= 11 is 0. The molecule has 1 aromatic rings. The first kappa shape index (κ1) is 11.0. The van der Waals surface area contributed by atoms with E-state index in [2.05, 4.69) is 10.3 Å². The molecule has 1 unspecified atom stereocenters. The molecule has 1 saturated heterocycles. The van der Waals surface area contributed by atoms with Gasteiger partial charge in [-0.2, -0.15) is 0 Å². The van der Waals surface area contributed by atoms with Gasteiger partial charge in [0.1, 0.15) is 5.69 Å². The van der Waals surface area contributed by atoms with E-state index in [1.54, 1.807) is 18.3 Å². The number of carbonyl (C=O) groups excluding carboxylic acids is 2. The number of fused-ring (bicyclic) bond motifs is 1. The molecule has 0 aromatic carbocycles. The van der Waals surface area contributed by atoms with Gasteiger partial charge < -0.3 is 10.1 Å². The van der Waals surface area contributed by atoms with Crippen LogP contribution in [0, 0.1) is 0 Å². The van der Waals surface area contributed by atoms with Crippen molar-refractivity contribution in [2.45, 2.75) is 25.5 Å². The average Bonchev–Trinajstić information content (AvgIpc) is 2.39. The highest BCUT2D eigenvalue weighted by molar-refractivity contribution is 5.99. The number of anilines is 1. The quantitative estimate of drug-likeness (QED) is 0.795. The molecular formula is C12H13N3O3. The van der Waals surface area contributed by atoms with E-state index in [-0.39, 0.29) is 11.8 Å². The number of pyridine rings is 1. The van der Waals surface area contributed by atoms with Crippen molar-refractivity contribution in [2.75, 3.05) is 11.9 Å². The second-order valence-corrected chi connectivity index (χ2v) is 4.36. The lowest BCUT2D eigenvalue weighted by molar-refractivity contribution is -0.151. The molecule has 1 aromatic heterocycles. The third-order valence-corrected chi connectivity index (χ3v) is 3.12. The molecule has 6 nitrogen and oxygen atoms in total. The van der Waals surface area contributed by atoms with Gasteiger partial charge in [-0.15, -0.1) is 0 Å². The molecule has 2 amide bonds. The highest BCUT2D eigenvalue weighted by Gasteiger charge is 2.37. The van der Waals surface area contributed by atoms with E-state index in [0.717, 1.165) is 12.8 Å². The Hall–Kier alpha value is -2.11. The van der Waals surface area contributed by atoms with Gasteiger partial charge in [-0.25, -0.2) is 4.98 Å². The van der Waals surface area contributed by atoms with Crippen molar-refractivity contribution in [3.05, 3.63) is 18.3 Å². The molecule has 1 fully saturated rings. The summed E-state index contributed by atoms with van der Waals surface area (Å²) in [5, 5.41) is 2.71. The number of nitrogens with zero attached hydrogens (tertiary/aromatic N) is 2. The molecule has 1 atom stereocenters. The maximum absolute atomic E-state index is 11.9. The molecule has 0 aliphatic carbocycles. The minimum Gasteiger partial charge on any atom is -0.442 e. The van der Waals surface area contributed by atoms with Crippen molar-refractivity contribution >= 4 is 17.5 Å². The summed E-state index contributed by atoms with van der Waals surface area (Å²) in [5.41, 5.74) is 0.545. The molecule has 6 heteroatoms. The summed E-state index contributed by atoms with van der Waals surface area (Å²) in [6.07, 6.45) is 2.94. The van der Waals surface area contributed by atoms with E-state index in [9.17, 15) is 9.59 Å². The Kier molecular flexibility index (Phi) is 2.62. The lowest BCUT2D eigenvalue weighted by atomic mass is 10.1. The van der Waals surface area contributed by atoms with Gasteiger partial charge in [0.25, 0.3) is 12.1 Å². The summed E-state index contributed by atoms with van der Waals surface area (Å²) < 4.78 is 5.54. The van der Waals surface area contributed by atoms with E-state index in [1.165, 1.54) is 4.90 Å². The van der Waals surface area contributed by atoms with E-state index >= 15 is 0 Å². The topological polar surface area (TPSA) is 71.5 Å². The first-order valence-corrected chi connectivity index (χ1v) is 5.98. The molecule has 2 aliphatic rings. The van der Waals surface area contributed by atoms with Crippen LogP contribution in [-0.4, -0.2) is 34.5 Å². The standard InChI is InChI=1S/C12H13N3O3/c16-9-5-1-2-7-15(9)12-10(17)14-8-4-3-6-13-11(8)18-12/h3-4,6,12H,1-2,5,7H2,(H,14,17). The van der Waals surface area contributed by atoms with E-state index in [1.807, 2.05) is 0 Å². The molecule has 18 heavy (non-hydrogen) atoms. The van der Waals surface area contributed by atoms with Crippen molar-refractivity contribution in [2.24, 2.45) is 0 Å². The van der Waals surface area contributed by atoms with Crippen LogP contribution in [0.2, 0.25) is 0 Å². The third-order valence-electron chi connectivity index (χ3n) is 3.12.